The second-order valence-electron chi connectivity index (χ2n) is 9.70. The van der Waals surface area contributed by atoms with Gasteiger partial charge in [0.25, 0.3) is 10.0 Å². The highest BCUT2D eigenvalue weighted by molar-refractivity contribution is 7.92. The molecule has 1 N–H and O–H groups in total. The zero-order chi connectivity index (χ0) is 31.0. The number of nitrogens with zero attached hydrogens (tertiary/aromatic N) is 2. The van der Waals surface area contributed by atoms with Crippen LogP contribution in [0.5, 0.6) is 0 Å². The van der Waals surface area contributed by atoms with Gasteiger partial charge in [-0.25, -0.2) is 12.8 Å². The Morgan fingerprint density at radius 2 is 1.42 bits per heavy atom. The number of hydrogen-bond acceptors (Lipinski definition) is 4. The van der Waals surface area contributed by atoms with Crippen LogP contribution >= 0.6 is 23.2 Å². The molecule has 4 aromatic carbocycles. The minimum absolute atomic E-state index is 0.0476. The molecule has 0 saturated heterocycles. The zero-order valence-electron chi connectivity index (χ0n) is 23.3. The molecule has 0 heterocycles. The van der Waals surface area contributed by atoms with E-state index >= 15 is 0 Å². The van der Waals surface area contributed by atoms with Crippen LogP contribution in [0.3, 0.4) is 0 Å². The van der Waals surface area contributed by atoms with E-state index in [0.717, 1.165) is 9.87 Å². The predicted molar refractivity (Wildman–Crippen MR) is 167 cm³/mol. The van der Waals surface area contributed by atoms with Crippen LogP contribution in [0.25, 0.3) is 0 Å². The Balaban J connectivity index is 1.81. The normalized spacial score (nSPS) is 11.9. The second kappa shape index (κ2) is 14.5. The van der Waals surface area contributed by atoms with Crippen molar-refractivity contribution in [2.45, 2.75) is 30.8 Å². The summed E-state index contributed by atoms with van der Waals surface area (Å²) in [4.78, 5) is 29.0. The van der Waals surface area contributed by atoms with E-state index in [9.17, 15) is 22.4 Å². The lowest BCUT2D eigenvalue weighted by atomic mass is 10.0. The molecule has 0 aromatic heterocycles. The van der Waals surface area contributed by atoms with Crippen LogP contribution in [-0.2, 0) is 32.6 Å². The Morgan fingerprint density at radius 3 is 2.00 bits per heavy atom. The maximum Gasteiger partial charge on any atom is 0.264 e. The summed E-state index contributed by atoms with van der Waals surface area (Å²) in [6.45, 7) is 1.34. The third kappa shape index (κ3) is 8.34. The molecular formula is C32H30Cl2FN3O4S. The number of halogens is 3. The summed E-state index contributed by atoms with van der Waals surface area (Å²) < 4.78 is 42.6. The standard InChI is InChI=1S/C32H30Cl2FN3O4S/c1-2-36-32(40)30(17-23-9-5-3-6-10-23)37(21-24-13-15-27(35)16-14-24)31(39)22-38(28-19-25(33)18-26(34)20-28)43(41,42)29-11-7-4-8-12-29/h3-16,18-20,30H,2,17,21-22H2,1H3,(H,36,40)/t30-/m1/s1. The summed E-state index contributed by atoms with van der Waals surface area (Å²) in [7, 11) is -4.29. The molecule has 2 amide bonds. The predicted octanol–water partition coefficient (Wildman–Crippen LogP) is 6.10. The molecule has 43 heavy (non-hydrogen) atoms. The fraction of sp³-hybridized carbons (Fsp3) is 0.188. The Kier molecular flexibility index (Phi) is 10.8. The summed E-state index contributed by atoms with van der Waals surface area (Å²) in [5, 5.41) is 3.15. The highest BCUT2D eigenvalue weighted by Gasteiger charge is 2.34. The Morgan fingerprint density at radius 1 is 0.837 bits per heavy atom. The minimum Gasteiger partial charge on any atom is -0.355 e. The average molecular weight is 643 g/mol. The first-order valence-corrected chi connectivity index (χ1v) is 15.7. The summed E-state index contributed by atoms with van der Waals surface area (Å²) in [5.41, 5.74) is 1.43. The van der Waals surface area contributed by atoms with E-state index in [2.05, 4.69) is 5.32 Å². The van der Waals surface area contributed by atoms with Gasteiger partial charge in [0.05, 0.1) is 10.6 Å². The first kappa shape index (κ1) is 32.0. The Hall–Kier alpha value is -3.92. The zero-order valence-corrected chi connectivity index (χ0v) is 25.6. The van der Waals surface area contributed by atoms with Crippen LogP contribution in [0, 0.1) is 5.82 Å². The van der Waals surface area contributed by atoms with Crippen LogP contribution in [0.2, 0.25) is 10.0 Å². The van der Waals surface area contributed by atoms with Gasteiger partial charge >= 0.3 is 0 Å². The molecule has 0 aliphatic heterocycles. The Bertz CT molecular complexity index is 1640. The van der Waals surface area contributed by atoms with E-state index in [1.807, 2.05) is 30.3 Å². The van der Waals surface area contributed by atoms with E-state index in [1.165, 1.54) is 59.5 Å². The van der Waals surface area contributed by atoms with E-state index in [0.29, 0.717) is 12.1 Å². The minimum atomic E-state index is -4.29. The van der Waals surface area contributed by atoms with Crippen LogP contribution in [-0.4, -0.2) is 44.3 Å². The maximum atomic E-state index is 14.3. The first-order valence-electron chi connectivity index (χ1n) is 13.5. The van der Waals surface area contributed by atoms with Gasteiger partial charge in [-0.1, -0.05) is 83.9 Å². The summed E-state index contributed by atoms with van der Waals surface area (Å²) in [5.74, 6) is -1.53. The third-order valence-electron chi connectivity index (χ3n) is 6.63. The molecule has 7 nitrogen and oxygen atoms in total. The largest absolute Gasteiger partial charge is 0.355 e. The number of rotatable bonds is 12. The molecule has 1 atom stereocenters. The quantitative estimate of drug-likeness (QED) is 0.202. The van der Waals surface area contributed by atoms with Crippen molar-refractivity contribution < 1.29 is 22.4 Å². The van der Waals surface area contributed by atoms with Crippen LogP contribution in [0.4, 0.5) is 10.1 Å². The first-order chi connectivity index (χ1) is 20.6. The van der Waals surface area contributed by atoms with Gasteiger partial charge in [0.2, 0.25) is 11.8 Å². The molecule has 0 radical (unpaired) electrons. The van der Waals surface area contributed by atoms with Gasteiger partial charge in [0, 0.05) is 29.6 Å². The maximum absolute atomic E-state index is 14.3. The number of anilines is 1. The molecule has 4 rings (SSSR count). The lowest BCUT2D eigenvalue weighted by Gasteiger charge is -2.34. The van der Waals surface area contributed by atoms with E-state index < -0.39 is 40.2 Å². The number of hydrogen-bond donors (Lipinski definition) is 1. The molecule has 0 saturated carbocycles. The third-order valence-corrected chi connectivity index (χ3v) is 8.86. The van der Waals surface area contributed by atoms with Crippen LogP contribution < -0.4 is 9.62 Å². The summed E-state index contributed by atoms with van der Waals surface area (Å²) >= 11 is 12.5. The molecule has 0 bridgehead atoms. The fourth-order valence-corrected chi connectivity index (χ4v) is 6.50. The van der Waals surface area contributed by atoms with Crippen molar-refractivity contribution in [2.75, 3.05) is 17.4 Å². The van der Waals surface area contributed by atoms with E-state index in [1.54, 1.807) is 25.1 Å². The average Bonchev–Trinajstić information content (AvgIpc) is 2.99. The van der Waals surface area contributed by atoms with Crippen molar-refractivity contribution in [2.24, 2.45) is 0 Å². The van der Waals surface area contributed by atoms with Gasteiger partial charge in [-0.05, 0) is 60.5 Å². The van der Waals surface area contributed by atoms with Gasteiger partial charge in [-0.15, -0.1) is 0 Å². The molecule has 0 aliphatic carbocycles. The smallest absolute Gasteiger partial charge is 0.264 e. The highest BCUT2D eigenvalue weighted by atomic mass is 35.5. The van der Waals surface area contributed by atoms with Crippen LogP contribution in [0.15, 0.2) is 108 Å². The number of nitrogens with one attached hydrogen (secondary N) is 1. The SMILES string of the molecule is CCNC(=O)[C@@H](Cc1ccccc1)N(Cc1ccc(F)cc1)C(=O)CN(c1cc(Cl)cc(Cl)c1)S(=O)(=O)c1ccccc1. The molecule has 0 unspecified atom stereocenters. The number of carbonyl (C=O) groups excluding carboxylic acids is 2. The molecular weight excluding hydrogens is 612 g/mol. The lowest BCUT2D eigenvalue weighted by Crippen LogP contribution is -2.53. The number of carbonyl (C=O) groups is 2. The summed E-state index contributed by atoms with van der Waals surface area (Å²) in [6, 6.07) is 25.6. The van der Waals surface area contributed by atoms with Crippen molar-refractivity contribution in [3.63, 3.8) is 0 Å². The number of sulfonamides is 1. The number of amides is 2. The molecule has 11 heteroatoms. The van der Waals surface area contributed by atoms with Crippen molar-refractivity contribution in [1.29, 1.82) is 0 Å². The van der Waals surface area contributed by atoms with Crippen molar-refractivity contribution in [3.05, 3.63) is 130 Å². The van der Waals surface area contributed by atoms with Gasteiger partial charge in [0.1, 0.15) is 18.4 Å². The second-order valence-corrected chi connectivity index (χ2v) is 12.4. The van der Waals surface area contributed by atoms with Crippen molar-refractivity contribution in [1.82, 2.24) is 10.2 Å². The topological polar surface area (TPSA) is 86.8 Å². The number of likely N-dealkylation sites (N-methyl/N-ethyl adjacent to an activating group) is 1. The van der Waals surface area contributed by atoms with Crippen molar-refractivity contribution in [3.8, 4) is 0 Å². The molecule has 224 valence electrons. The highest BCUT2D eigenvalue weighted by Crippen LogP contribution is 2.30. The van der Waals surface area contributed by atoms with Gasteiger partial charge in [-0.2, -0.15) is 0 Å². The monoisotopic (exact) mass is 641 g/mol. The molecule has 0 fully saturated rings. The van der Waals surface area contributed by atoms with Gasteiger partial charge in [-0.3, -0.25) is 13.9 Å². The fourth-order valence-electron chi connectivity index (χ4n) is 4.56. The van der Waals surface area contributed by atoms with Gasteiger partial charge < -0.3 is 10.2 Å². The number of benzene rings is 4. The van der Waals surface area contributed by atoms with Crippen LogP contribution in [0.1, 0.15) is 18.1 Å². The lowest BCUT2D eigenvalue weighted by molar-refractivity contribution is -0.140. The van der Waals surface area contributed by atoms with E-state index in [4.69, 9.17) is 23.2 Å². The molecule has 4 aromatic rings. The van der Waals surface area contributed by atoms with Crippen molar-refractivity contribution >= 4 is 50.7 Å². The van der Waals surface area contributed by atoms with E-state index in [-0.39, 0.29) is 33.6 Å². The Labute approximate surface area is 260 Å². The molecule has 0 spiro atoms. The summed E-state index contributed by atoms with van der Waals surface area (Å²) in [6.07, 6.45) is 0.161. The molecule has 0 aliphatic rings. The van der Waals surface area contributed by atoms with Gasteiger partial charge in [0.15, 0.2) is 0 Å².